The van der Waals surface area contributed by atoms with Gasteiger partial charge in [-0.05, 0) is 23.9 Å². The molecule has 0 saturated carbocycles. The summed E-state index contributed by atoms with van der Waals surface area (Å²) < 4.78 is 0. The van der Waals surface area contributed by atoms with Crippen molar-refractivity contribution < 1.29 is 4.92 Å². The van der Waals surface area contributed by atoms with Gasteiger partial charge in [0.2, 0.25) is 5.82 Å². The number of nitrogens with zero attached hydrogens (tertiary/aromatic N) is 2. The molecule has 0 bridgehead atoms. The predicted octanol–water partition coefficient (Wildman–Crippen LogP) is 2.71. The molecule has 2 rings (SSSR count). The SMILES string of the molecule is O=[N+]([O-])c1cccnc1NCCc1cccs1. The van der Waals surface area contributed by atoms with Crippen LogP contribution in [0.5, 0.6) is 0 Å². The van der Waals surface area contributed by atoms with Crippen molar-refractivity contribution in [2.45, 2.75) is 6.42 Å². The summed E-state index contributed by atoms with van der Waals surface area (Å²) in [5, 5.41) is 15.7. The maximum Gasteiger partial charge on any atom is 0.311 e. The van der Waals surface area contributed by atoms with Gasteiger partial charge in [0.05, 0.1) is 4.92 Å². The minimum atomic E-state index is -0.430. The van der Waals surface area contributed by atoms with E-state index in [-0.39, 0.29) is 5.69 Å². The fourth-order valence-corrected chi connectivity index (χ4v) is 2.15. The van der Waals surface area contributed by atoms with Gasteiger partial charge in [-0.15, -0.1) is 11.3 Å². The lowest BCUT2D eigenvalue weighted by atomic mass is 10.3. The average Bonchev–Trinajstić information content (AvgIpc) is 2.82. The van der Waals surface area contributed by atoms with Crippen LogP contribution < -0.4 is 5.32 Å². The monoisotopic (exact) mass is 249 g/mol. The molecule has 2 aromatic rings. The van der Waals surface area contributed by atoms with E-state index in [9.17, 15) is 10.1 Å². The topological polar surface area (TPSA) is 68.1 Å². The number of hydrogen-bond donors (Lipinski definition) is 1. The Labute approximate surface area is 102 Å². The molecule has 6 heteroatoms. The third-order valence-corrected chi connectivity index (χ3v) is 3.16. The number of nitrogens with one attached hydrogen (secondary N) is 1. The molecule has 0 aliphatic heterocycles. The lowest BCUT2D eigenvalue weighted by molar-refractivity contribution is -0.384. The largest absolute Gasteiger partial charge is 0.364 e. The Morgan fingerprint density at radius 2 is 2.29 bits per heavy atom. The number of pyridine rings is 1. The zero-order valence-corrected chi connectivity index (χ0v) is 9.81. The number of anilines is 1. The Morgan fingerprint density at radius 1 is 1.41 bits per heavy atom. The molecule has 5 nitrogen and oxygen atoms in total. The van der Waals surface area contributed by atoms with E-state index in [0.717, 1.165) is 6.42 Å². The summed E-state index contributed by atoms with van der Waals surface area (Å²) in [5.74, 6) is 0.328. The summed E-state index contributed by atoms with van der Waals surface area (Å²) in [7, 11) is 0. The highest BCUT2D eigenvalue weighted by Gasteiger charge is 2.12. The van der Waals surface area contributed by atoms with Gasteiger partial charge >= 0.3 is 5.69 Å². The Morgan fingerprint density at radius 3 is 3.00 bits per heavy atom. The molecule has 0 amide bonds. The van der Waals surface area contributed by atoms with E-state index in [1.165, 1.54) is 10.9 Å². The smallest absolute Gasteiger partial charge is 0.311 e. The maximum atomic E-state index is 10.7. The highest BCUT2D eigenvalue weighted by molar-refractivity contribution is 7.09. The molecular formula is C11H11N3O2S. The number of nitro groups is 1. The van der Waals surface area contributed by atoms with Crippen molar-refractivity contribution >= 4 is 22.8 Å². The van der Waals surface area contributed by atoms with Crippen molar-refractivity contribution in [3.63, 3.8) is 0 Å². The van der Waals surface area contributed by atoms with Crippen LogP contribution in [-0.4, -0.2) is 16.5 Å². The van der Waals surface area contributed by atoms with Crippen molar-refractivity contribution in [3.8, 4) is 0 Å². The Hall–Kier alpha value is -1.95. The quantitative estimate of drug-likeness (QED) is 0.653. The number of hydrogen-bond acceptors (Lipinski definition) is 5. The van der Waals surface area contributed by atoms with Gasteiger partial charge < -0.3 is 5.32 Å². The van der Waals surface area contributed by atoms with Crippen LogP contribution in [0, 0.1) is 10.1 Å². The van der Waals surface area contributed by atoms with E-state index in [2.05, 4.69) is 10.3 Å². The van der Waals surface area contributed by atoms with E-state index in [4.69, 9.17) is 0 Å². The molecular weight excluding hydrogens is 238 g/mol. The molecule has 0 aliphatic rings. The van der Waals surface area contributed by atoms with Gasteiger partial charge in [-0.25, -0.2) is 4.98 Å². The molecule has 2 aromatic heterocycles. The third kappa shape index (κ3) is 3.01. The van der Waals surface area contributed by atoms with Crippen LogP contribution in [-0.2, 0) is 6.42 Å². The van der Waals surface area contributed by atoms with Crippen LogP contribution in [0.25, 0.3) is 0 Å². The van der Waals surface area contributed by atoms with Gasteiger partial charge in [0.1, 0.15) is 0 Å². The van der Waals surface area contributed by atoms with Gasteiger partial charge in [0.15, 0.2) is 0 Å². The van der Waals surface area contributed by atoms with Gasteiger partial charge in [-0.3, -0.25) is 10.1 Å². The van der Waals surface area contributed by atoms with Gasteiger partial charge in [0, 0.05) is 23.7 Å². The second kappa shape index (κ2) is 5.40. The lowest BCUT2D eigenvalue weighted by Gasteiger charge is -2.04. The first-order chi connectivity index (χ1) is 8.27. The van der Waals surface area contributed by atoms with E-state index in [1.807, 2.05) is 17.5 Å². The molecule has 88 valence electrons. The molecule has 17 heavy (non-hydrogen) atoms. The summed E-state index contributed by atoms with van der Waals surface area (Å²) >= 11 is 1.67. The van der Waals surface area contributed by atoms with Crippen molar-refractivity contribution in [3.05, 3.63) is 50.8 Å². The normalized spacial score (nSPS) is 10.1. The number of aromatic nitrogens is 1. The second-order valence-electron chi connectivity index (χ2n) is 3.38. The first kappa shape index (κ1) is 11.5. The van der Waals surface area contributed by atoms with Gasteiger partial charge in [0.25, 0.3) is 0 Å². The Balaban J connectivity index is 1.97. The molecule has 0 saturated heterocycles. The van der Waals surface area contributed by atoms with Crippen LogP contribution in [0.1, 0.15) is 4.88 Å². The molecule has 0 atom stereocenters. The zero-order chi connectivity index (χ0) is 12.1. The molecule has 2 heterocycles. The van der Waals surface area contributed by atoms with E-state index >= 15 is 0 Å². The van der Waals surface area contributed by atoms with Crippen LogP contribution in [0.15, 0.2) is 35.8 Å². The first-order valence-corrected chi connectivity index (χ1v) is 6.01. The average molecular weight is 249 g/mol. The van der Waals surface area contributed by atoms with Crippen molar-refractivity contribution in [2.75, 3.05) is 11.9 Å². The lowest BCUT2D eigenvalue weighted by Crippen LogP contribution is -2.07. The summed E-state index contributed by atoms with van der Waals surface area (Å²) in [4.78, 5) is 15.5. The molecule has 0 fully saturated rings. The van der Waals surface area contributed by atoms with Gasteiger partial charge in [-0.2, -0.15) is 0 Å². The minimum absolute atomic E-state index is 0.0127. The Kier molecular flexibility index (Phi) is 3.66. The van der Waals surface area contributed by atoms with E-state index < -0.39 is 4.92 Å². The maximum absolute atomic E-state index is 10.7. The molecule has 1 N–H and O–H groups in total. The summed E-state index contributed by atoms with van der Waals surface area (Å²) in [6, 6.07) is 7.03. The summed E-state index contributed by atoms with van der Waals surface area (Å²) in [6.45, 7) is 0.637. The second-order valence-corrected chi connectivity index (χ2v) is 4.42. The minimum Gasteiger partial charge on any atom is -0.364 e. The highest BCUT2D eigenvalue weighted by Crippen LogP contribution is 2.20. The van der Waals surface area contributed by atoms with Crippen molar-refractivity contribution in [1.29, 1.82) is 0 Å². The first-order valence-electron chi connectivity index (χ1n) is 5.13. The van der Waals surface area contributed by atoms with E-state index in [0.29, 0.717) is 12.4 Å². The van der Waals surface area contributed by atoms with Gasteiger partial charge in [-0.1, -0.05) is 6.07 Å². The third-order valence-electron chi connectivity index (χ3n) is 2.23. The number of rotatable bonds is 5. The van der Waals surface area contributed by atoms with E-state index in [1.54, 1.807) is 23.6 Å². The molecule has 0 spiro atoms. The number of thiophene rings is 1. The zero-order valence-electron chi connectivity index (χ0n) is 9.00. The fourth-order valence-electron chi connectivity index (χ4n) is 1.44. The standard InChI is InChI=1S/C11H11N3O2S/c15-14(16)10-4-1-6-12-11(10)13-7-5-9-3-2-8-17-9/h1-4,6,8H,5,7H2,(H,12,13). The van der Waals surface area contributed by atoms with Crippen molar-refractivity contribution in [2.24, 2.45) is 0 Å². The van der Waals surface area contributed by atoms with Crippen LogP contribution >= 0.6 is 11.3 Å². The van der Waals surface area contributed by atoms with Crippen LogP contribution in [0.2, 0.25) is 0 Å². The van der Waals surface area contributed by atoms with Crippen molar-refractivity contribution in [1.82, 2.24) is 4.98 Å². The molecule has 0 unspecified atom stereocenters. The molecule has 0 aromatic carbocycles. The fraction of sp³-hybridized carbons (Fsp3) is 0.182. The summed E-state index contributed by atoms with van der Waals surface area (Å²) in [6.07, 6.45) is 2.38. The Bertz CT molecular complexity index is 499. The van der Waals surface area contributed by atoms with Crippen LogP contribution in [0.3, 0.4) is 0 Å². The van der Waals surface area contributed by atoms with Crippen LogP contribution in [0.4, 0.5) is 11.5 Å². The molecule has 0 aliphatic carbocycles. The predicted molar refractivity (Wildman–Crippen MR) is 67.4 cm³/mol. The highest BCUT2D eigenvalue weighted by atomic mass is 32.1. The molecule has 0 radical (unpaired) electrons. The summed E-state index contributed by atoms with van der Waals surface area (Å²) in [5.41, 5.74) is 0.0127.